The smallest absolute Gasteiger partial charge is 0.266 e. The number of halogens is 1. The van der Waals surface area contributed by atoms with Crippen LogP contribution in [0.2, 0.25) is 0 Å². The minimum atomic E-state index is -1.52. The van der Waals surface area contributed by atoms with Crippen LogP contribution in [0, 0.1) is 0 Å². The summed E-state index contributed by atoms with van der Waals surface area (Å²) in [4.78, 5) is 22.2. The Balaban J connectivity index is 1.79. The van der Waals surface area contributed by atoms with E-state index in [0.717, 1.165) is 4.47 Å². The van der Waals surface area contributed by atoms with Gasteiger partial charge >= 0.3 is 0 Å². The van der Waals surface area contributed by atoms with E-state index in [1.54, 1.807) is 42.5 Å². The lowest BCUT2D eigenvalue weighted by Crippen LogP contribution is -2.55. The number of rotatable bonds is 15. The molecule has 4 rings (SSSR count). The molecule has 0 spiro atoms. The average molecular weight is 654 g/mol. The maximum absolute atomic E-state index is 14.2. The molecule has 0 aromatic heterocycles. The van der Waals surface area contributed by atoms with Gasteiger partial charge in [-0.25, -0.2) is 10.4 Å². The third-order valence-electron chi connectivity index (χ3n) is 6.80. The molecule has 226 valence electrons. The first-order chi connectivity index (χ1) is 20.9. The second-order valence-electron chi connectivity index (χ2n) is 9.57. The molecule has 3 N–H and O–H groups in total. The fourth-order valence-corrected chi connectivity index (χ4v) is 4.87. The van der Waals surface area contributed by atoms with Gasteiger partial charge in [0.1, 0.15) is 5.75 Å². The molecule has 3 aromatic carbocycles. The van der Waals surface area contributed by atoms with Crippen molar-refractivity contribution in [3.8, 4) is 5.75 Å². The van der Waals surface area contributed by atoms with E-state index in [1.807, 2.05) is 30.3 Å². The van der Waals surface area contributed by atoms with E-state index in [-0.39, 0.29) is 25.5 Å². The lowest BCUT2D eigenvalue weighted by Gasteiger charge is -2.31. The summed E-state index contributed by atoms with van der Waals surface area (Å²) in [6.07, 6.45) is -0.871. The summed E-state index contributed by atoms with van der Waals surface area (Å²) >= 11 is 3.48. The van der Waals surface area contributed by atoms with Crippen molar-refractivity contribution < 1.29 is 28.8 Å². The molecule has 1 aliphatic heterocycles. The molecular weight excluding hydrogens is 620 g/mol. The number of aliphatic hydroxyl groups excluding tert-OH is 1. The number of azide groups is 1. The third-order valence-corrected chi connectivity index (χ3v) is 7.33. The van der Waals surface area contributed by atoms with Crippen molar-refractivity contribution in [2.75, 3.05) is 34.0 Å². The fourth-order valence-electron chi connectivity index (χ4n) is 4.60. The second kappa shape index (κ2) is 15.5. The van der Waals surface area contributed by atoms with E-state index >= 15 is 0 Å². The van der Waals surface area contributed by atoms with Crippen LogP contribution in [0.25, 0.3) is 10.4 Å². The number of nitrogens with zero attached hydrogens (tertiary/aromatic N) is 4. The first-order valence-corrected chi connectivity index (χ1v) is 14.3. The quantitative estimate of drug-likeness (QED) is 0.0526. The van der Waals surface area contributed by atoms with Crippen molar-refractivity contribution in [3.05, 3.63) is 104 Å². The Bertz CT molecular complexity index is 1440. The molecule has 3 aromatic rings. The van der Waals surface area contributed by atoms with Crippen LogP contribution in [0.4, 0.5) is 5.69 Å². The summed E-state index contributed by atoms with van der Waals surface area (Å²) in [5, 5.41) is 12.9. The van der Waals surface area contributed by atoms with Crippen LogP contribution in [0.3, 0.4) is 0 Å². The van der Waals surface area contributed by atoms with Crippen molar-refractivity contribution in [3.63, 3.8) is 0 Å². The molecule has 0 saturated carbocycles. The van der Waals surface area contributed by atoms with E-state index in [4.69, 9.17) is 29.0 Å². The minimum Gasteiger partial charge on any atom is -0.494 e. The van der Waals surface area contributed by atoms with Gasteiger partial charge < -0.3 is 24.1 Å². The highest BCUT2D eigenvalue weighted by molar-refractivity contribution is 9.10. The Labute approximate surface area is 257 Å². The maximum atomic E-state index is 14.2. The lowest BCUT2D eigenvalue weighted by molar-refractivity contribution is -0.131. The van der Waals surface area contributed by atoms with Crippen LogP contribution in [0.15, 0.2) is 87.4 Å². The largest absolute Gasteiger partial charge is 0.494 e. The summed E-state index contributed by atoms with van der Waals surface area (Å²) in [6, 6.07) is 21.7. The standard InChI is InChI=1S/C30H33BrN6O6/c1-40-26(41-2)19-33-36-29(39)30(18-22-6-3-4-7-25(22)35-37-32)27(20-8-12-23(31)13-9-20)43-28(34-30)21-10-14-24(15-11-21)42-17-5-16-38/h3-4,6-15,26-27,33,38H,5,16-19H2,1-2H3,(H,36,39)/t27-,30-/m0/s1. The van der Waals surface area contributed by atoms with Gasteiger partial charge in [-0.2, -0.15) is 0 Å². The Kier molecular flexibility index (Phi) is 11.5. The molecule has 1 aliphatic rings. The minimum absolute atomic E-state index is 0.0412. The molecule has 1 heterocycles. The van der Waals surface area contributed by atoms with Crippen LogP contribution in [0.1, 0.15) is 29.2 Å². The van der Waals surface area contributed by atoms with E-state index in [2.05, 4.69) is 36.8 Å². The summed E-state index contributed by atoms with van der Waals surface area (Å²) < 4.78 is 23.5. The van der Waals surface area contributed by atoms with Crippen LogP contribution >= 0.6 is 15.9 Å². The van der Waals surface area contributed by atoms with Crippen LogP contribution in [-0.2, 0) is 25.4 Å². The van der Waals surface area contributed by atoms with Gasteiger partial charge in [0.15, 0.2) is 17.9 Å². The number of aliphatic imine (C=N–C) groups is 1. The number of methoxy groups -OCH3 is 2. The molecule has 0 saturated heterocycles. The summed E-state index contributed by atoms with van der Waals surface area (Å²) in [7, 11) is 3.00. The first-order valence-electron chi connectivity index (χ1n) is 13.5. The number of hydrogen-bond donors (Lipinski definition) is 3. The highest BCUT2D eigenvalue weighted by atomic mass is 79.9. The lowest BCUT2D eigenvalue weighted by atomic mass is 9.81. The van der Waals surface area contributed by atoms with Gasteiger partial charge in [0.05, 0.1) is 13.2 Å². The van der Waals surface area contributed by atoms with Crippen molar-refractivity contribution >= 4 is 33.4 Å². The van der Waals surface area contributed by atoms with Gasteiger partial charge in [-0.15, -0.1) is 0 Å². The maximum Gasteiger partial charge on any atom is 0.266 e. The van der Waals surface area contributed by atoms with Gasteiger partial charge in [-0.3, -0.25) is 10.2 Å². The number of ether oxygens (including phenoxy) is 4. The summed E-state index contributed by atoms with van der Waals surface area (Å²) in [5.41, 5.74) is 15.7. The van der Waals surface area contributed by atoms with Gasteiger partial charge in [-0.1, -0.05) is 57.4 Å². The van der Waals surface area contributed by atoms with Crippen molar-refractivity contribution in [2.24, 2.45) is 10.1 Å². The van der Waals surface area contributed by atoms with Crippen LogP contribution < -0.4 is 15.6 Å². The predicted molar refractivity (Wildman–Crippen MR) is 164 cm³/mol. The first kappa shape index (κ1) is 32.0. The van der Waals surface area contributed by atoms with E-state index in [1.165, 1.54) is 14.2 Å². The van der Waals surface area contributed by atoms with Gasteiger partial charge in [0.25, 0.3) is 5.91 Å². The number of hydrazine groups is 1. The van der Waals surface area contributed by atoms with E-state index in [0.29, 0.717) is 41.2 Å². The van der Waals surface area contributed by atoms with Crippen molar-refractivity contribution in [1.82, 2.24) is 10.9 Å². The molecule has 43 heavy (non-hydrogen) atoms. The Morgan fingerprint density at radius 2 is 1.86 bits per heavy atom. The monoisotopic (exact) mass is 652 g/mol. The number of carbonyl (C=O) groups excluding carboxylic acids is 1. The SMILES string of the molecule is COC(CNNC(=O)[C@@]1(Cc2ccccc2N=[N+]=[N-])N=C(c2ccc(OCCCO)cc2)O[C@H]1c1ccc(Br)cc1)OC. The van der Waals surface area contributed by atoms with Crippen LogP contribution in [0.5, 0.6) is 5.75 Å². The molecule has 0 fully saturated rings. The van der Waals surface area contributed by atoms with E-state index < -0.39 is 23.8 Å². The fraction of sp³-hybridized carbons (Fsp3) is 0.333. The molecular formula is C30H33BrN6O6. The topological polar surface area (TPSA) is 159 Å². The van der Waals surface area contributed by atoms with Crippen molar-refractivity contribution in [2.45, 2.75) is 30.8 Å². The molecule has 1 amide bonds. The Hall–Kier alpha value is -3.97. The third kappa shape index (κ3) is 7.90. The zero-order valence-corrected chi connectivity index (χ0v) is 25.4. The Morgan fingerprint density at radius 3 is 2.53 bits per heavy atom. The van der Waals surface area contributed by atoms with Gasteiger partial charge in [0.2, 0.25) is 5.90 Å². The van der Waals surface area contributed by atoms with Crippen LogP contribution in [-0.4, -0.2) is 62.7 Å². The summed E-state index contributed by atoms with van der Waals surface area (Å²) in [6.45, 7) is 0.592. The Morgan fingerprint density at radius 1 is 1.14 bits per heavy atom. The number of carbonyl (C=O) groups is 1. The number of amides is 1. The number of aliphatic hydroxyl groups is 1. The molecule has 13 heteroatoms. The molecule has 12 nitrogen and oxygen atoms in total. The van der Waals surface area contributed by atoms with Gasteiger partial charge in [-0.05, 0) is 53.1 Å². The predicted octanol–water partition coefficient (Wildman–Crippen LogP) is 4.89. The molecule has 0 aliphatic carbocycles. The molecule has 0 radical (unpaired) electrons. The van der Waals surface area contributed by atoms with E-state index in [9.17, 15) is 10.3 Å². The molecule has 0 unspecified atom stereocenters. The number of hydrogen-bond acceptors (Lipinski definition) is 9. The van der Waals surface area contributed by atoms with Gasteiger partial charge in [0, 0.05) is 54.3 Å². The zero-order valence-electron chi connectivity index (χ0n) is 23.8. The number of benzene rings is 3. The highest BCUT2D eigenvalue weighted by Gasteiger charge is 2.53. The average Bonchev–Trinajstić information content (AvgIpc) is 3.41. The molecule has 0 bridgehead atoms. The van der Waals surface area contributed by atoms with Crippen molar-refractivity contribution in [1.29, 1.82) is 0 Å². The number of nitrogens with one attached hydrogen (secondary N) is 2. The summed E-state index contributed by atoms with van der Waals surface area (Å²) in [5.74, 6) is 0.418. The second-order valence-corrected chi connectivity index (χ2v) is 10.5. The molecule has 2 atom stereocenters. The highest BCUT2D eigenvalue weighted by Crippen LogP contribution is 2.43. The normalized spacial score (nSPS) is 17.6. The zero-order chi connectivity index (χ0) is 30.7.